The summed E-state index contributed by atoms with van der Waals surface area (Å²) < 4.78 is 19.0. The van der Waals surface area contributed by atoms with E-state index in [1.807, 2.05) is 34.6 Å². The highest BCUT2D eigenvalue weighted by atomic mass is 19.1. The third kappa shape index (κ3) is 2.94. The molecule has 110 valence electrons. The van der Waals surface area contributed by atoms with Gasteiger partial charge in [0.05, 0.1) is 5.69 Å². The highest BCUT2D eigenvalue weighted by Crippen LogP contribution is 2.35. The van der Waals surface area contributed by atoms with Gasteiger partial charge in [-0.25, -0.2) is 9.18 Å². The quantitative estimate of drug-likeness (QED) is 0.712. The second kappa shape index (κ2) is 5.08. The highest BCUT2D eigenvalue weighted by molar-refractivity contribution is 5.91. The lowest BCUT2D eigenvalue weighted by molar-refractivity contribution is 0.0563. The molecule has 0 aliphatic carbocycles. The second-order valence-electron chi connectivity index (χ2n) is 6.47. The Morgan fingerprint density at radius 2 is 2.05 bits per heavy atom. The fraction of sp³-hybridized carbons (Fsp3) is 0.562. The van der Waals surface area contributed by atoms with Gasteiger partial charge in [-0.15, -0.1) is 0 Å². The first-order valence-electron chi connectivity index (χ1n) is 7.00. The van der Waals surface area contributed by atoms with Crippen molar-refractivity contribution < 1.29 is 13.9 Å². The summed E-state index contributed by atoms with van der Waals surface area (Å²) in [5.74, 6) is -0.250. The second-order valence-corrected chi connectivity index (χ2v) is 6.47. The van der Waals surface area contributed by atoms with Crippen LogP contribution in [0, 0.1) is 12.7 Å². The number of ether oxygens (including phenoxy) is 1. The smallest absolute Gasteiger partial charge is 0.415 e. The molecule has 1 atom stereocenters. The van der Waals surface area contributed by atoms with Crippen LogP contribution in [-0.2, 0) is 11.2 Å². The monoisotopic (exact) mass is 279 g/mol. The van der Waals surface area contributed by atoms with Crippen LogP contribution in [0.15, 0.2) is 12.1 Å². The predicted molar refractivity (Wildman–Crippen MR) is 77.6 cm³/mol. The molecular formula is C16H22FNO2. The van der Waals surface area contributed by atoms with Crippen molar-refractivity contribution in [1.82, 2.24) is 0 Å². The molecule has 0 saturated heterocycles. The molecule has 0 saturated carbocycles. The Morgan fingerprint density at radius 3 is 2.65 bits per heavy atom. The first-order valence-corrected chi connectivity index (χ1v) is 7.00. The average molecular weight is 279 g/mol. The van der Waals surface area contributed by atoms with Gasteiger partial charge in [-0.2, -0.15) is 0 Å². The maximum Gasteiger partial charge on any atom is 0.415 e. The third-order valence-electron chi connectivity index (χ3n) is 3.45. The SMILES string of the molecule is Cc1cc(F)cc2c1N(C(=O)OC(C)(C)C)[C@H](C)CC2. The molecule has 0 N–H and O–H groups in total. The minimum absolute atomic E-state index is 0.0570. The first-order chi connectivity index (χ1) is 9.19. The van der Waals surface area contributed by atoms with Crippen molar-refractivity contribution in [2.75, 3.05) is 4.90 Å². The first kappa shape index (κ1) is 14.8. The summed E-state index contributed by atoms with van der Waals surface area (Å²) in [5, 5.41) is 0. The van der Waals surface area contributed by atoms with E-state index in [4.69, 9.17) is 4.74 Å². The van der Waals surface area contributed by atoms with Crippen LogP contribution in [0.2, 0.25) is 0 Å². The Hall–Kier alpha value is -1.58. The van der Waals surface area contributed by atoms with Gasteiger partial charge in [0.2, 0.25) is 0 Å². The number of benzene rings is 1. The number of carbonyl (C=O) groups is 1. The fourth-order valence-electron chi connectivity index (χ4n) is 2.64. The number of hydrogen-bond acceptors (Lipinski definition) is 2. The molecule has 20 heavy (non-hydrogen) atoms. The molecule has 3 nitrogen and oxygen atoms in total. The van der Waals surface area contributed by atoms with Gasteiger partial charge in [0.15, 0.2) is 0 Å². The van der Waals surface area contributed by atoms with Gasteiger partial charge >= 0.3 is 6.09 Å². The Labute approximate surface area is 119 Å². The zero-order valence-electron chi connectivity index (χ0n) is 12.8. The summed E-state index contributed by atoms with van der Waals surface area (Å²) in [6.07, 6.45) is 1.24. The van der Waals surface area contributed by atoms with E-state index >= 15 is 0 Å². The van der Waals surface area contributed by atoms with Gasteiger partial charge in [-0.3, -0.25) is 4.90 Å². The van der Waals surface area contributed by atoms with Crippen molar-refractivity contribution >= 4 is 11.8 Å². The van der Waals surface area contributed by atoms with Crippen molar-refractivity contribution in [3.8, 4) is 0 Å². The van der Waals surface area contributed by atoms with Crippen LogP contribution < -0.4 is 4.90 Å². The summed E-state index contributed by atoms with van der Waals surface area (Å²) in [5.41, 5.74) is 1.92. The largest absolute Gasteiger partial charge is 0.443 e. The molecule has 0 fully saturated rings. The van der Waals surface area contributed by atoms with Crippen LogP contribution in [0.25, 0.3) is 0 Å². The van der Waals surface area contributed by atoms with E-state index < -0.39 is 5.60 Å². The molecule has 0 unspecified atom stereocenters. The van der Waals surface area contributed by atoms with Crippen LogP contribution in [-0.4, -0.2) is 17.7 Å². The van der Waals surface area contributed by atoms with Gasteiger partial charge < -0.3 is 4.74 Å². The summed E-state index contributed by atoms with van der Waals surface area (Å²) in [6, 6.07) is 3.04. The third-order valence-corrected chi connectivity index (χ3v) is 3.45. The summed E-state index contributed by atoms with van der Waals surface area (Å²) in [4.78, 5) is 14.1. The molecule has 0 aromatic heterocycles. The Morgan fingerprint density at radius 1 is 1.40 bits per heavy atom. The number of halogens is 1. The van der Waals surface area contributed by atoms with Gasteiger partial charge in [0.25, 0.3) is 0 Å². The van der Waals surface area contributed by atoms with E-state index in [1.165, 1.54) is 12.1 Å². The predicted octanol–water partition coefficient (Wildman–Crippen LogP) is 4.21. The molecule has 1 heterocycles. The molecule has 4 heteroatoms. The Kier molecular flexibility index (Phi) is 3.76. The highest BCUT2D eigenvalue weighted by Gasteiger charge is 2.33. The molecule has 1 aliphatic heterocycles. The van der Waals surface area contributed by atoms with Crippen LogP contribution in [0.5, 0.6) is 0 Å². The van der Waals surface area contributed by atoms with Gasteiger partial charge in [0, 0.05) is 6.04 Å². The normalized spacial score (nSPS) is 18.7. The minimum Gasteiger partial charge on any atom is -0.443 e. The van der Waals surface area contributed by atoms with Gasteiger partial charge in [-0.05, 0) is 70.7 Å². The maximum atomic E-state index is 13.5. The molecular weight excluding hydrogens is 257 g/mol. The van der Waals surface area contributed by atoms with E-state index in [1.54, 1.807) is 4.90 Å². The molecule has 0 bridgehead atoms. The van der Waals surface area contributed by atoms with Crippen molar-refractivity contribution in [3.63, 3.8) is 0 Å². The zero-order valence-corrected chi connectivity index (χ0v) is 12.8. The van der Waals surface area contributed by atoms with Crippen molar-refractivity contribution in [2.45, 2.75) is 59.1 Å². The van der Waals surface area contributed by atoms with E-state index in [0.717, 1.165) is 29.7 Å². The lowest BCUT2D eigenvalue weighted by Crippen LogP contribution is -2.45. The molecule has 1 amide bonds. The molecule has 0 spiro atoms. The standard InChI is InChI=1S/C16H22FNO2/c1-10-8-13(17)9-12-7-6-11(2)18(14(10)12)15(19)20-16(3,4)5/h8-9,11H,6-7H2,1-5H3/t11-/m1/s1. The van der Waals surface area contributed by atoms with Crippen LogP contribution in [0.3, 0.4) is 0 Å². The number of rotatable bonds is 0. The molecule has 1 aromatic rings. The topological polar surface area (TPSA) is 29.5 Å². The summed E-state index contributed by atoms with van der Waals surface area (Å²) >= 11 is 0. The average Bonchev–Trinajstić information content (AvgIpc) is 2.27. The number of hydrogen-bond donors (Lipinski definition) is 0. The minimum atomic E-state index is -0.539. The number of carbonyl (C=O) groups excluding carboxylic acids is 1. The molecule has 2 rings (SSSR count). The van der Waals surface area contributed by atoms with E-state index in [2.05, 4.69) is 0 Å². The van der Waals surface area contributed by atoms with Crippen molar-refractivity contribution in [3.05, 3.63) is 29.1 Å². The Bertz CT molecular complexity index is 534. The van der Waals surface area contributed by atoms with Crippen molar-refractivity contribution in [1.29, 1.82) is 0 Å². The van der Waals surface area contributed by atoms with Crippen LogP contribution >= 0.6 is 0 Å². The number of anilines is 1. The number of fused-ring (bicyclic) bond motifs is 1. The molecule has 1 aliphatic rings. The van der Waals surface area contributed by atoms with Gasteiger partial charge in [-0.1, -0.05) is 0 Å². The summed E-state index contributed by atoms with van der Waals surface area (Å²) in [7, 11) is 0. The number of amides is 1. The van der Waals surface area contributed by atoms with Crippen molar-refractivity contribution in [2.24, 2.45) is 0 Å². The fourth-order valence-corrected chi connectivity index (χ4v) is 2.64. The lowest BCUT2D eigenvalue weighted by atomic mass is 9.94. The van der Waals surface area contributed by atoms with E-state index in [0.29, 0.717) is 0 Å². The van der Waals surface area contributed by atoms with E-state index in [-0.39, 0.29) is 18.0 Å². The summed E-state index contributed by atoms with van der Waals surface area (Å²) in [6.45, 7) is 9.36. The maximum absolute atomic E-state index is 13.5. The lowest BCUT2D eigenvalue weighted by Gasteiger charge is -2.37. The number of aryl methyl sites for hydroxylation is 2. The van der Waals surface area contributed by atoms with Gasteiger partial charge in [0.1, 0.15) is 11.4 Å². The Balaban J connectivity index is 2.42. The van der Waals surface area contributed by atoms with Crippen LogP contribution in [0.4, 0.5) is 14.9 Å². The van der Waals surface area contributed by atoms with Crippen LogP contribution in [0.1, 0.15) is 45.2 Å². The van der Waals surface area contributed by atoms with E-state index in [9.17, 15) is 9.18 Å². The molecule has 1 aromatic carbocycles. The molecule has 0 radical (unpaired) electrons. The number of nitrogens with zero attached hydrogens (tertiary/aromatic N) is 1. The zero-order chi connectivity index (χ0) is 15.1.